The maximum absolute atomic E-state index is 12.4. The van der Waals surface area contributed by atoms with Gasteiger partial charge in [0.1, 0.15) is 0 Å². The van der Waals surface area contributed by atoms with Gasteiger partial charge in [-0.05, 0) is 31.5 Å². The zero-order chi connectivity index (χ0) is 12.3. The zero-order valence-corrected chi connectivity index (χ0v) is 9.18. The van der Waals surface area contributed by atoms with Gasteiger partial charge in [0.25, 0.3) is 0 Å². The lowest BCUT2D eigenvalue weighted by Gasteiger charge is -2.08. The van der Waals surface area contributed by atoms with E-state index in [1.807, 2.05) is 0 Å². The molecule has 16 heavy (non-hydrogen) atoms. The van der Waals surface area contributed by atoms with Crippen LogP contribution in [0.4, 0.5) is 13.2 Å². The maximum atomic E-state index is 12.4. The number of benzene rings is 1. The van der Waals surface area contributed by atoms with Gasteiger partial charge in [-0.25, -0.2) is 0 Å². The molecule has 4 heteroatoms. The second-order valence-corrected chi connectivity index (χ2v) is 3.80. The molecule has 1 atom stereocenters. The SMILES string of the molecule is C/C(=C\c1cccc(C(F)(F)F)c1)C(C)N. The smallest absolute Gasteiger partial charge is 0.324 e. The van der Waals surface area contributed by atoms with Crippen LogP contribution in [0, 0.1) is 0 Å². The fraction of sp³-hybridized carbons (Fsp3) is 0.333. The van der Waals surface area contributed by atoms with Gasteiger partial charge >= 0.3 is 6.18 Å². The van der Waals surface area contributed by atoms with Gasteiger partial charge in [0.2, 0.25) is 0 Å². The number of halogens is 3. The molecule has 88 valence electrons. The Kier molecular flexibility index (Phi) is 3.75. The van der Waals surface area contributed by atoms with Crippen molar-refractivity contribution in [3.63, 3.8) is 0 Å². The van der Waals surface area contributed by atoms with Crippen LogP contribution < -0.4 is 5.73 Å². The van der Waals surface area contributed by atoms with Gasteiger partial charge < -0.3 is 5.73 Å². The Balaban J connectivity index is 3.05. The fourth-order valence-electron chi connectivity index (χ4n) is 1.20. The standard InChI is InChI=1S/C12H14F3N/c1-8(9(2)16)6-10-4-3-5-11(7-10)12(13,14)15/h3-7,9H,16H2,1-2H3/b8-6+. The summed E-state index contributed by atoms with van der Waals surface area (Å²) in [5, 5.41) is 0. The molecule has 0 fully saturated rings. The first-order valence-electron chi connectivity index (χ1n) is 4.92. The highest BCUT2D eigenvalue weighted by molar-refractivity contribution is 5.54. The zero-order valence-electron chi connectivity index (χ0n) is 9.18. The molecule has 0 saturated carbocycles. The maximum Gasteiger partial charge on any atom is 0.416 e. The summed E-state index contributed by atoms with van der Waals surface area (Å²) < 4.78 is 37.3. The number of hydrogen-bond donors (Lipinski definition) is 1. The van der Waals surface area contributed by atoms with Crippen molar-refractivity contribution in [3.8, 4) is 0 Å². The Hall–Kier alpha value is -1.29. The minimum Gasteiger partial charge on any atom is -0.324 e. The molecular weight excluding hydrogens is 215 g/mol. The van der Waals surface area contributed by atoms with Crippen LogP contribution in [-0.4, -0.2) is 6.04 Å². The first kappa shape index (κ1) is 12.8. The van der Waals surface area contributed by atoms with Crippen molar-refractivity contribution in [1.29, 1.82) is 0 Å². The summed E-state index contributed by atoms with van der Waals surface area (Å²) in [5.41, 5.74) is 6.34. The van der Waals surface area contributed by atoms with E-state index in [4.69, 9.17) is 5.73 Å². The van der Waals surface area contributed by atoms with Gasteiger partial charge in [0.05, 0.1) is 5.56 Å². The van der Waals surface area contributed by atoms with E-state index in [2.05, 4.69) is 0 Å². The van der Waals surface area contributed by atoms with Gasteiger partial charge in [-0.15, -0.1) is 0 Å². The Morgan fingerprint density at radius 1 is 1.38 bits per heavy atom. The highest BCUT2D eigenvalue weighted by Crippen LogP contribution is 2.29. The minimum absolute atomic E-state index is 0.158. The van der Waals surface area contributed by atoms with Crippen LogP contribution in [0.1, 0.15) is 25.0 Å². The van der Waals surface area contributed by atoms with E-state index in [1.54, 1.807) is 26.0 Å². The van der Waals surface area contributed by atoms with E-state index < -0.39 is 11.7 Å². The van der Waals surface area contributed by atoms with E-state index in [0.717, 1.165) is 17.7 Å². The minimum atomic E-state index is -4.30. The number of nitrogens with two attached hydrogens (primary N) is 1. The number of rotatable bonds is 2. The molecule has 1 rings (SSSR count). The summed E-state index contributed by atoms with van der Waals surface area (Å²) in [4.78, 5) is 0. The number of hydrogen-bond acceptors (Lipinski definition) is 1. The average Bonchev–Trinajstić information content (AvgIpc) is 2.16. The first-order valence-corrected chi connectivity index (χ1v) is 4.92. The Labute approximate surface area is 92.8 Å². The van der Waals surface area contributed by atoms with Gasteiger partial charge in [-0.3, -0.25) is 0 Å². The molecule has 0 aliphatic heterocycles. The molecule has 0 heterocycles. The van der Waals surface area contributed by atoms with Crippen molar-refractivity contribution in [3.05, 3.63) is 41.0 Å². The average molecular weight is 229 g/mol. The van der Waals surface area contributed by atoms with Crippen LogP contribution >= 0.6 is 0 Å². The van der Waals surface area contributed by atoms with Crippen molar-refractivity contribution in [2.45, 2.75) is 26.1 Å². The molecule has 0 bridgehead atoms. The molecule has 0 aliphatic rings. The van der Waals surface area contributed by atoms with Crippen LogP contribution in [0.2, 0.25) is 0 Å². The second kappa shape index (κ2) is 4.70. The Morgan fingerprint density at radius 3 is 2.50 bits per heavy atom. The molecule has 0 spiro atoms. The Bertz CT molecular complexity index is 391. The predicted molar refractivity (Wildman–Crippen MR) is 58.7 cm³/mol. The third-order valence-corrected chi connectivity index (χ3v) is 2.33. The molecule has 2 N–H and O–H groups in total. The second-order valence-electron chi connectivity index (χ2n) is 3.80. The van der Waals surface area contributed by atoms with Gasteiger partial charge in [0, 0.05) is 6.04 Å². The van der Waals surface area contributed by atoms with Gasteiger partial charge in [-0.2, -0.15) is 13.2 Å². The van der Waals surface area contributed by atoms with Gasteiger partial charge in [0.15, 0.2) is 0 Å². The van der Waals surface area contributed by atoms with Crippen molar-refractivity contribution in [2.75, 3.05) is 0 Å². The van der Waals surface area contributed by atoms with E-state index in [9.17, 15) is 13.2 Å². The van der Waals surface area contributed by atoms with Crippen molar-refractivity contribution < 1.29 is 13.2 Å². The van der Waals surface area contributed by atoms with Crippen molar-refractivity contribution in [1.82, 2.24) is 0 Å². The van der Waals surface area contributed by atoms with E-state index in [1.165, 1.54) is 6.07 Å². The molecule has 0 saturated heterocycles. The normalized spacial score (nSPS) is 15.0. The molecule has 1 unspecified atom stereocenters. The van der Waals surface area contributed by atoms with E-state index in [-0.39, 0.29) is 6.04 Å². The first-order chi connectivity index (χ1) is 7.30. The molecule has 0 amide bonds. The highest BCUT2D eigenvalue weighted by atomic mass is 19.4. The third-order valence-electron chi connectivity index (χ3n) is 2.33. The third kappa shape index (κ3) is 3.38. The highest BCUT2D eigenvalue weighted by Gasteiger charge is 2.30. The summed E-state index contributed by atoms with van der Waals surface area (Å²) >= 11 is 0. The molecule has 1 aromatic carbocycles. The van der Waals surface area contributed by atoms with Crippen LogP contribution in [0.15, 0.2) is 29.8 Å². The van der Waals surface area contributed by atoms with Crippen LogP contribution in [-0.2, 0) is 6.18 Å². The molecule has 1 aromatic rings. The summed E-state index contributed by atoms with van der Waals surface area (Å²) in [6, 6.07) is 5.03. The van der Waals surface area contributed by atoms with Crippen LogP contribution in [0.3, 0.4) is 0 Å². The molecule has 1 nitrogen and oxygen atoms in total. The summed E-state index contributed by atoms with van der Waals surface area (Å²) in [6.07, 6.45) is -2.63. The van der Waals surface area contributed by atoms with E-state index in [0.29, 0.717) is 5.56 Å². The summed E-state index contributed by atoms with van der Waals surface area (Å²) in [5.74, 6) is 0. The topological polar surface area (TPSA) is 26.0 Å². The summed E-state index contributed by atoms with van der Waals surface area (Å²) in [7, 11) is 0. The van der Waals surface area contributed by atoms with Crippen LogP contribution in [0.25, 0.3) is 6.08 Å². The number of alkyl halides is 3. The largest absolute Gasteiger partial charge is 0.416 e. The van der Waals surface area contributed by atoms with Crippen LogP contribution in [0.5, 0.6) is 0 Å². The monoisotopic (exact) mass is 229 g/mol. The fourth-order valence-corrected chi connectivity index (χ4v) is 1.20. The predicted octanol–water partition coefficient (Wildman–Crippen LogP) is 3.46. The van der Waals surface area contributed by atoms with Gasteiger partial charge in [-0.1, -0.05) is 23.8 Å². The Morgan fingerprint density at radius 2 is 2.00 bits per heavy atom. The molecular formula is C12H14F3N. The lowest BCUT2D eigenvalue weighted by atomic mass is 10.1. The molecule has 0 aromatic heterocycles. The lowest BCUT2D eigenvalue weighted by molar-refractivity contribution is -0.137. The molecule has 0 radical (unpaired) electrons. The quantitative estimate of drug-likeness (QED) is 0.825. The van der Waals surface area contributed by atoms with Crippen molar-refractivity contribution in [2.24, 2.45) is 5.73 Å². The van der Waals surface area contributed by atoms with E-state index >= 15 is 0 Å². The summed E-state index contributed by atoms with van der Waals surface area (Å²) in [6.45, 7) is 3.59. The lowest BCUT2D eigenvalue weighted by Crippen LogP contribution is -2.15. The van der Waals surface area contributed by atoms with Crippen molar-refractivity contribution >= 4 is 6.08 Å². The molecule has 0 aliphatic carbocycles.